The van der Waals surface area contributed by atoms with E-state index in [9.17, 15) is 17.6 Å². The monoisotopic (exact) mass is 324 g/mol. The number of carbonyl (C=O) groups excluding carboxylic acids is 1. The minimum absolute atomic E-state index is 0.0766. The molecule has 2 N–H and O–H groups in total. The number of amides is 1. The first-order valence-electron chi connectivity index (χ1n) is 4.47. The molecule has 0 unspecified atom stereocenters. The van der Waals surface area contributed by atoms with Gasteiger partial charge in [-0.1, -0.05) is 15.9 Å². The van der Waals surface area contributed by atoms with Crippen molar-refractivity contribution in [3.8, 4) is 0 Å². The van der Waals surface area contributed by atoms with Crippen LogP contribution in [0.3, 0.4) is 0 Å². The highest BCUT2D eigenvalue weighted by molar-refractivity contribution is 9.10. The van der Waals surface area contributed by atoms with Crippen molar-refractivity contribution in [1.82, 2.24) is 0 Å². The van der Waals surface area contributed by atoms with E-state index in [1.165, 1.54) is 19.1 Å². The molecule has 17 heavy (non-hydrogen) atoms. The van der Waals surface area contributed by atoms with Crippen LogP contribution < -0.4 is 10.0 Å². The van der Waals surface area contributed by atoms with Gasteiger partial charge >= 0.3 is 0 Å². The zero-order chi connectivity index (χ0) is 13.1. The third kappa shape index (κ3) is 4.31. The molecular weight excluding hydrogens is 315 g/mol. The highest BCUT2D eigenvalue weighted by atomic mass is 79.9. The summed E-state index contributed by atoms with van der Waals surface area (Å²) in [4.78, 5) is 10.8. The molecule has 1 rings (SSSR count). The normalized spacial score (nSPS) is 11.0. The Labute approximate surface area is 107 Å². The van der Waals surface area contributed by atoms with Gasteiger partial charge in [0.1, 0.15) is 10.5 Å². The molecule has 0 heterocycles. The van der Waals surface area contributed by atoms with Crippen LogP contribution in [0.4, 0.5) is 15.8 Å². The quantitative estimate of drug-likeness (QED) is 0.830. The van der Waals surface area contributed by atoms with Gasteiger partial charge in [0.05, 0.1) is 11.4 Å². The van der Waals surface area contributed by atoms with Crippen LogP contribution in [0.5, 0.6) is 0 Å². The fraction of sp³-hybridized carbons (Fsp3) is 0.222. The van der Waals surface area contributed by atoms with Gasteiger partial charge in [-0.25, -0.2) is 12.8 Å². The number of sulfonamides is 1. The maximum absolute atomic E-state index is 13.2. The topological polar surface area (TPSA) is 75.3 Å². The Morgan fingerprint density at radius 2 is 2.12 bits per heavy atom. The number of hydrogen-bond acceptors (Lipinski definition) is 3. The molecule has 0 aliphatic rings. The predicted octanol–water partition coefficient (Wildman–Crippen LogP) is 1.88. The van der Waals surface area contributed by atoms with Crippen LogP contribution in [0.2, 0.25) is 0 Å². The second kappa shape index (κ2) is 5.46. The van der Waals surface area contributed by atoms with Crippen molar-refractivity contribution in [1.29, 1.82) is 0 Å². The molecule has 0 saturated carbocycles. The summed E-state index contributed by atoms with van der Waals surface area (Å²) in [6, 6.07) is 3.54. The standard InChI is InChI=1S/C9H10BrFN2O3S/c1-6(14)12-9-4-7(2-3-8(9)11)13-17(15,16)5-10/h2-4,13H,5H2,1H3,(H,12,14). The number of halogens is 2. The van der Waals surface area contributed by atoms with Crippen molar-refractivity contribution in [2.24, 2.45) is 0 Å². The number of benzene rings is 1. The maximum Gasteiger partial charge on any atom is 0.242 e. The first-order chi connectivity index (χ1) is 7.84. The van der Waals surface area contributed by atoms with Crippen LogP contribution in [-0.2, 0) is 14.8 Å². The summed E-state index contributed by atoms with van der Waals surface area (Å²) >= 11 is 2.81. The molecule has 0 radical (unpaired) electrons. The molecule has 0 aliphatic carbocycles. The molecule has 1 aromatic rings. The van der Waals surface area contributed by atoms with Crippen molar-refractivity contribution >= 4 is 43.2 Å². The van der Waals surface area contributed by atoms with Gasteiger partial charge in [-0.15, -0.1) is 0 Å². The van der Waals surface area contributed by atoms with E-state index < -0.39 is 21.7 Å². The summed E-state index contributed by atoms with van der Waals surface area (Å²) < 4.78 is 37.7. The van der Waals surface area contributed by atoms with Gasteiger partial charge in [-0.05, 0) is 18.2 Å². The first-order valence-corrected chi connectivity index (χ1v) is 7.25. The zero-order valence-corrected chi connectivity index (χ0v) is 11.2. The fourth-order valence-corrected chi connectivity index (χ4v) is 1.97. The lowest BCUT2D eigenvalue weighted by Crippen LogP contribution is -2.14. The average molecular weight is 325 g/mol. The summed E-state index contributed by atoms with van der Waals surface area (Å²) in [6.45, 7) is 1.23. The van der Waals surface area contributed by atoms with E-state index in [1.54, 1.807) is 0 Å². The Morgan fingerprint density at radius 3 is 2.65 bits per heavy atom. The second-order valence-corrected chi connectivity index (χ2v) is 6.23. The van der Waals surface area contributed by atoms with Gasteiger partial charge in [-0.3, -0.25) is 9.52 Å². The minimum Gasteiger partial charge on any atom is -0.324 e. The molecule has 0 fully saturated rings. The number of anilines is 2. The summed E-state index contributed by atoms with van der Waals surface area (Å²) in [5.74, 6) is -1.08. The molecule has 8 heteroatoms. The Balaban J connectivity index is 3.00. The van der Waals surface area contributed by atoms with Crippen LogP contribution in [0, 0.1) is 5.82 Å². The second-order valence-electron chi connectivity index (χ2n) is 3.20. The number of rotatable bonds is 4. The number of carbonyl (C=O) groups is 1. The van der Waals surface area contributed by atoms with Crippen molar-refractivity contribution in [3.63, 3.8) is 0 Å². The van der Waals surface area contributed by atoms with Gasteiger partial charge in [0.15, 0.2) is 0 Å². The largest absolute Gasteiger partial charge is 0.324 e. The van der Waals surface area contributed by atoms with E-state index >= 15 is 0 Å². The molecule has 1 aromatic carbocycles. The van der Waals surface area contributed by atoms with Gasteiger partial charge in [0.25, 0.3) is 0 Å². The van der Waals surface area contributed by atoms with E-state index in [4.69, 9.17) is 0 Å². The van der Waals surface area contributed by atoms with Crippen LogP contribution in [-0.4, -0.2) is 19.0 Å². The third-order valence-electron chi connectivity index (χ3n) is 1.69. The highest BCUT2D eigenvalue weighted by Crippen LogP contribution is 2.20. The molecular formula is C9H10BrFN2O3S. The number of alkyl halides is 1. The van der Waals surface area contributed by atoms with Gasteiger partial charge in [0, 0.05) is 6.92 Å². The number of nitrogens with one attached hydrogen (secondary N) is 2. The third-order valence-corrected chi connectivity index (χ3v) is 4.34. The highest BCUT2D eigenvalue weighted by Gasteiger charge is 2.10. The Bertz CT molecular complexity index is 533. The Hall–Kier alpha value is -1.15. The van der Waals surface area contributed by atoms with Gasteiger partial charge in [0.2, 0.25) is 15.9 Å². The van der Waals surface area contributed by atoms with Crippen molar-refractivity contribution in [3.05, 3.63) is 24.0 Å². The van der Waals surface area contributed by atoms with Crippen LogP contribution in [0.1, 0.15) is 6.92 Å². The molecule has 0 aromatic heterocycles. The summed E-state index contributed by atoms with van der Waals surface area (Å²) in [5.41, 5.74) is 0.0990. The van der Waals surface area contributed by atoms with E-state index in [2.05, 4.69) is 26.0 Å². The van der Waals surface area contributed by atoms with E-state index in [0.29, 0.717) is 0 Å². The lowest BCUT2D eigenvalue weighted by molar-refractivity contribution is -0.114. The summed E-state index contributed by atoms with van der Waals surface area (Å²) in [6.07, 6.45) is 0. The fourth-order valence-electron chi connectivity index (χ4n) is 1.08. The minimum atomic E-state index is -3.50. The molecule has 0 saturated heterocycles. The predicted molar refractivity (Wildman–Crippen MR) is 67.0 cm³/mol. The van der Waals surface area contributed by atoms with Crippen LogP contribution in [0.15, 0.2) is 18.2 Å². The van der Waals surface area contributed by atoms with Gasteiger partial charge in [-0.2, -0.15) is 0 Å². The lowest BCUT2D eigenvalue weighted by Gasteiger charge is -2.08. The van der Waals surface area contributed by atoms with E-state index in [-0.39, 0.29) is 16.0 Å². The average Bonchev–Trinajstić information content (AvgIpc) is 2.22. The smallest absolute Gasteiger partial charge is 0.242 e. The summed E-state index contributed by atoms with van der Waals surface area (Å²) in [7, 11) is -3.50. The molecule has 0 spiro atoms. The lowest BCUT2D eigenvalue weighted by atomic mass is 10.2. The summed E-state index contributed by atoms with van der Waals surface area (Å²) in [5, 5.41) is 2.26. The van der Waals surface area contributed by atoms with Crippen LogP contribution >= 0.6 is 15.9 Å². The Morgan fingerprint density at radius 1 is 1.47 bits per heavy atom. The van der Waals surface area contributed by atoms with Crippen molar-refractivity contribution in [2.75, 3.05) is 14.7 Å². The zero-order valence-electron chi connectivity index (χ0n) is 8.83. The Kier molecular flexibility index (Phi) is 4.47. The van der Waals surface area contributed by atoms with Crippen molar-refractivity contribution in [2.45, 2.75) is 6.92 Å². The molecule has 1 amide bonds. The van der Waals surface area contributed by atoms with Crippen LogP contribution in [0.25, 0.3) is 0 Å². The number of hydrogen-bond donors (Lipinski definition) is 2. The molecule has 0 atom stereocenters. The molecule has 94 valence electrons. The first kappa shape index (κ1) is 13.9. The maximum atomic E-state index is 13.2. The molecule has 5 nitrogen and oxygen atoms in total. The molecule has 0 bridgehead atoms. The van der Waals surface area contributed by atoms with Crippen molar-refractivity contribution < 1.29 is 17.6 Å². The van der Waals surface area contributed by atoms with E-state index in [1.807, 2.05) is 0 Å². The molecule has 0 aliphatic heterocycles. The SMILES string of the molecule is CC(=O)Nc1cc(NS(=O)(=O)CBr)ccc1F. The van der Waals surface area contributed by atoms with E-state index in [0.717, 1.165) is 6.07 Å². The van der Waals surface area contributed by atoms with Gasteiger partial charge < -0.3 is 5.32 Å².